The van der Waals surface area contributed by atoms with E-state index in [1.54, 1.807) is 25.6 Å². The molecule has 1 aromatic heterocycles. The Bertz CT molecular complexity index is 989. The molecule has 3 rings (SSSR count). The van der Waals surface area contributed by atoms with Crippen molar-refractivity contribution in [1.29, 1.82) is 0 Å². The van der Waals surface area contributed by atoms with E-state index in [9.17, 15) is 4.79 Å². The molecule has 0 radical (unpaired) electrons. The van der Waals surface area contributed by atoms with Gasteiger partial charge in [-0.3, -0.25) is 4.79 Å². The number of carbonyl (C=O) groups is 1. The Morgan fingerprint density at radius 2 is 1.83 bits per heavy atom. The summed E-state index contributed by atoms with van der Waals surface area (Å²) in [6.45, 7) is 1.83. The number of nitrogen functional groups attached to an aromatic ring is 1. The van der Waals surface area contributed by atoms with E-state index in [-0.39, 0.29) is 5.78 Å². The number of rotatable bonds is 8. The SMILES string of the molecule is CCC(=O)c1cc(CCc2cnc(Nc3ccc(N)cc3)nc2)c(Cl)c(OC)c1. The first-order chi connectivity index (χ1) is 14.0. The zero-order valence-corrected chi connectivity index (χ0v) is 17.2. The number of aromatic nitrogens is 2. The second-order valence-corrected chi connectivity index (χ2v) is 6.97. The first kappa shape index (κ1) is 20.6. The number of nitrogens with one attached hydrogen (secondary N) is 1. The van der Waals surface area contributed by atoms with E-state index in [1.165, 1.54) is 0 Å². The Hall–Kier alpha value is -3.12. The fourth-order valence-electron chi connectivity index (χ4n) is 2.87. The molecule has 0 amide bonds. The van der Waals surface area contributed by atoms with Crippen molar-refractivity contribution >= 4 is 34.7 Å². The summed E-state index contributed by atoms with van der Waals surface area (Å²) in [5.41, 5.74) is 9.70. The number of benzene rings is 2. The summed E-state index contributed by atoms with van der Waals surface area (Å²) in [6.07, 6.45) is 5.32. The summed E-state index contributed by atoms with van der Waals surface area (Å²) in [5, 5.41) is 3.66. The van der Waals surface area contributed by atoms with Crippen LogP contribution in [-0.2, 0) is 12.8 Å². The fourth-order valence-corrected chi connectivity index (χ4v) is 3.15. The topological polar surface area (TPSA) is 90.1 Å². The molecule has 0 aliphatic rings. The molecule has 3 N–H and O–H groups in total. The highest BCUT2D eigenvalue weighted by Crippen LogP contribution is 2.31. The van der Waals surface area contributed by atoms with Gasteiger partial charge in [-0.2, -0.15) is 0 Å². The Morgan fingerprint density at radius 1 is 1.14 bits per heavy atom. The van der Waals surface area contributed by atoms with Gasteiger partial charge in [-0.1, -0.05) is 18.5 Å². The van der Waals surface area contributed by atoms with Crippen LogP contribution in [0.25, 0.3) is 0 Å². The highest BCUT2D eigenvalue weighted by Gasteiger charge is 2.13. The minimum atomic E-state index is 0.0580. The van der Waals surface area contributed by atoms with Crippen LogP contribution in [0.1, 0.15) is 34.8 Å². The minimum absolute atomic E-state index is 0.0580. The van der Waals surface area contributed by atoms with Gasteiger partial charge in [0.15, 0.2) is 5.78 Å². The van der Waals surface area contributed by atoms with Crippen molar-refractivity contribution in [1.82, 2.24) is 9.97 Å². The lowest BCUT2D eigenvalue weighted by molar-refractivity contribution is 0.0987. The molecular weight excluding hydrogens is 388 g/mol. The van der Waals surface area contributed by atoms with E-state index in [0.717, 1.165) is 16.8 Å². The molecule has 0 fully saturated rings. The second-order valence-electron chi connectivity index (χ2n) is 6.59. The van der Waals surface area contributed by atoms with Gasteiger partial charge in [0.2, 0.25) is 5.95 Å². The molecule has 0 aliphatic heterocycles. The zero-order valence-electron chi connectivity index (χ0n) is 16.4. The minimum Gasteiger partial charge on any atom is -0.495 e. The normalized spacial score (nSPS) is 10.6. The predicted octanol–water partition coefficient (Wildman–Crippen LogP) is 4.84. The van der Waals surface area contributed by atoms with Gasteiger partial charge in [-0.25, -0.2) is 9.97 Å². The van der Waals surface area contributed by atoms with Crippen LogP contribution in [0.5, 0.6) is 5.75 Å². The van der Waals surface area contributed by atoms with Crippen molar-refractivity contribution in [3.8, 4) is 5.75 Å². The van der Waals surface area contributed by atoms with Gasteiger partial charge in [0.1, 0.15) is 5.75 Å². The number of Topliss-reactive ketones (excluding diaryl/α,β-unsaturated/α-hetero) is 1. The third-order valence-corrected chi connectivity index (χ3v) is 4.96. The smallest absolute Gasteiger partial charge is 0.227 e. The summed E-state index contributed by atoms with van der Waals surface area (Å²) >= 11 is 6.44. The lowest BCUT2D eigenvalue weighted by Gasteiger charge is -2.12. The van der Waals surface area contributed by atoms with Crippen LogP contribution in [0.3, 0.4) is 0 Å². The molecule has 0 atom stereocenters. The van der Waals surface area contributed by atoms with Crippen LogP contribution in [0.2, 0.25) is 5.02 Å². The molecular formula is C22H23ClN4O2. The van der Waals surface area contributed by atoms with Crippen LogP contribution in [-0.4, -0.2) is 22.9 Å². The number of methoxy groups -OCH3 is 1. The van der Waals surface area contributed by atoms with Crippen molar-refractivity contribution < 1.29 is 9.53 Å². The van der Waals surface area contributed by atoms with Gasteiger partial charge in [0.25, 0.3) is 0 Å². The number of hydrogen-bond acceptors (Lipinski definition) is 6. The maximum Gasteiger partial charge on any atom is 0.227 e. The molecule has 0 bridgehead atoms. The monoisotopic (exact) mass is 410 g/mol. The Balaban J connectivity index is 1.69. The Kier molecular flexibility index (Phi) is 6.67. The number of hydrogen-bond donors (Lipinski definition) is 2. The van der Waals surface area contributed by atoms with Crippen LogP contribution in [0.15, 0.2) is 48.8 Å². The largest absolute Gasteiger partial charge is 0.495 e. The van der Waals surface area contributed by atoms with Gasteiger partial charge in [0, 0.05) is 35.8 Å². The molecule has 0 aliphatic carbocycles. The molecule has 1 heterocycles. The number of aryl methyl sites for hydroxylation is 2. The van der Waals surface area contributed by atoms with Crippen molar-refractivity contribution in [3.63, 3.8) is 0 Å². The average molecular weight is 411 g/mol. The molecule has 6 nitrogen and oxygen atoms in total. The highest BCUT2D eigenvalue weighted by atomic mass is 35.5. The summed E-state index contributed by atoms with van der Waals surface area (Å²) in [4.78, 5) is 20.8. The first-order valence-corrected chi connectivity index (χ1v) is 9.71. The number of anilines is 3. The summed E-state index contributed by atoms with van der Waals surface area (Å²) < 4.78 is 5.33. The third-order valence-electron chi connectivity index (χ3n) is 4.53. The van der Waals surface area contributed by atoms with Gasteiger partial charge >= 0.3 is 0 Å². The van der Waals surface area contributed by atoms with Crippen LogP contribution in [0.4, 0.5) is 17.3 Å². The zero-order chi connectivity index (χ0) is 20.8. The quantitative estimate of drug-likeness (QED) is 0.408. The van der Waals surface area contributed by atoms with E-state index in [2.05, 4.69) is 15.3 Å². The van der Waals surface area contributed by atoms with E-state index in [0.29, 0.717) is 47.2 Å². The maximum atomic E-state index is 12.1. The van der Waals surface area contributed by atoms with Crippen molar-refractivity contribution in [2.75, 3.05) is 18.2 Å². The molecule has 29 heavy (non-hydrogen) atoms. The Morgan fingerprint density at radius 3 is 2.45 bits per heavy atom. The lowest BCUT2D eigenvalue weighted by atomic mass is 10.0. The van der Waals surface area contributed by atoms with Gasteiger partial charge in [-0.15, -0.1) is 0 Å². The number of halogens is 1. The summed E-state index contributed by atoms with van der Waals surface area (Å²) in [5.74, 6) is 1.08. The molecule has 7 heteroatoms. The number of ether oxygens (including phenoxy) is 1. The van der Waals surface area contributed by atoms with Gasteiger partial charge < -0.3 is 15.8 Å². The molecule has 0 unspecified atom stereocenters. The first-order valence-electron chi connectivity index (χ1n) is 9.33. The van der Waals surface area contributed by atoms with E-state index < -0.39 is 0 Å². The van der Waals surface area contributed by atoms with Crippen molar-refractivity contribution in [2.45, 2.75) is 26.2 Å². The standard InChI is InChI=1S/C22H23ClN4O2/c1-3-19(28)16-10-15(21(23)20(11-16)29-2)5-4-14-12-25-22(26-13-14)27-18-8-6-17(24)7-9-18/h6-13H,3-5,24H2,1-2H3,(H,25,26,27). The van der Waals surface area contributed by atoms with Crippen LogP contribution in [0, 0.1) is 0 Å². The molecule has 3 aromatic rings. The van der Waals surface area contributed by atoms with Crippen LogP contribution >= 0.6 is 11.6 Å². The summed E-state index contributed by atoms with van der Waals surface area (Å²) in [7, 11) is 1.55. The van der Waals surface area contributed by atoms with Gasteiger partial charge in [-0.05, 0) is 60.4 Å². The molecule has 0 spiro atoms. The van der Waals surface area contributed by atoms with E-state index >= 15 is 0 Å². The molecule has 150 valence electrons. The molecule has 0 saturated heterocycles. The number of nitrogens with zero attached hydrogens (tertiary/aromatic N) is 2. The van der Waals surface area contributed by atoms with E-state index in [1.807, 2.05) is 37.3 Å². The number of nitrogens with two attached hydrogens (primary N) is 1. The van der Waals surface area contributed by atoms with Gasteiger partial charge in [0.05, 0.1) is 12.1 Å². The van der Waals surface area contributed by atoms with Crippen molar-refractivity contribution in [2.24, 2.45) is 0 Å². The molecule has 0 saturated carbocycles. The molecule has 2 aromatic carbocycles. The number of carbonyl (C=O) groups excluding carboxylic acids is 1. The second kappa shape index (κ2) is 9.39. The predicted molar refractivity (Wildman–Crippen MR) is 116 cm³/mol. The maximum absolute atomic E-state index is 12.1. The van der Waals surface area contributed by atoms with Crippen LogP contribution < -0.4 is 15.8 Å². The fraction of sp³-hybridized carbons (Fsp3) is 0.227. The average Bonchev–Trinajstić information content (AvgIpc) is 2.75. The summed E-state index contributed by atoms with van der Waals surface area (Å²) in [6, 6.07) is 10.9. The van der Waals surface area contributed by atoms with Crippen molar-refractivity contribution in [3.05, 3.63) is 70.5 Å². The van der Waals surface area contributed by atoms with E-state index in [4.69, 9.17) is 22.1 Å². The number of ketones is 1. The third kappa shape index (κ3) is 5.23. The highest BCUT2D eigenvalue weighted by molar-refractivity contribution is 6.33. The Labute approximate surface area is 175 Å². The lowest BCUT2D eigenvalue weighted by Crippen LogP contribution is -2.03.